The van der Waals surface area contributed by atoms with Crippen LogP contribution in [0.25, 0.3) is 0 Å². The van der Waals surface area contributed by atoms with Gasteiger partial charge in [-0.15, -0.1) is 0 Å². The van der Waals surface area contributed by atoms with E-state index in [9.17, 15) is 9.18 Å². The molecule has 0 spiro atoms. The number of nitrogens with zero attached hydrogens (tertiary/aromatic N) is 1. The molecule has 0 radical (unpaired) electrons. The summed E-state index contributed by atoms with van der Waals surface area (Å²) >= 11 is 0. The van der Waals surface area contributed by atoms with Gasteiger partial charge < -0.3 is 10.1 Å². The second kappa shape index (κ2) is 8.11. The molecule has 0 fully saturated rings. The molecule has 0 saturated carbocycles. The first kappa shape index (κ1) is 17.5. The zero-order valence-corrected chi connectivity index (χ0v) is 13.6. The molecule has 124 valence electrons. The summed E-state index contributed by atoms with van der Waals surface area (Å²) in [5.41, 5.74) is 1.21. The number of carbonyl (C=O) groups is 1. The molecular formula is C19H19FN2O2. The van der Waals surface area contributed by atoms with Gasteiger partial charge >= 0.3 is 0 Å². The number of carbonyl (C=O) groups excluding carboxylic acids is 1. The van der Waals surface area contributed by atoms with E-state index in [1.54, 1.807) is 36.4 Å². The molecule has 1 N–H and O–H groups in total. The van der Waals surface area contributed by atoms with Gasteiger partial charge in [-0.05, 0) is 35.7 Å². The third kappa shape index (κ3) is 4.56. The molecular weight excluding hydrogens is 307 g/mol. The van der Waals surface area contributed by atoms with Gasteiger partial charge in [0.15, 0.2) is 6.61 Å². The zero-order valence-electron chi connectivity index (χ0n) is 13.6. The number of hydrogen-bond donors (Lipinski definition) is 1. The van der Waals surface area contributed by atoms with Crippen molar-refractivity contribution >= 4 is 5.91 Å². The summed E-state index contributed by atoms with van der Waals surface area (Å²) in [6.45, 7) is 3.75. The topological polar surface area (TPSA) is 62.1 Å². The smallest absolute Gasteiger partial charge is 0.258 e. The molecule has 0 saturated heterocycles. The number of nitriles is 1. The van der Waals surface area contributed by atoms with Crippen molar-refractivity contribution in [2.24, 2.45) is 5.92 Å². The molecule has 4 nitrogen and oxygen atoms in total. The largest absolute Gasteiger partial charge is 0.482 e. The number of nitrogens with one attached hydrogen (secondary N) is 1. The first-order valence-electron chi connectivity index (χ1n) is 7.68. The molecule has 0 aliphatic heterocycles. The van der Waals surface area contributed by atoms with E-state index < -0.39 is 0 Å². The van der Waals surface area contributed by atoms with Crippen LogP contribution in [0.4, 0.5) is 4.39 Å². The number of ether oxygens (including phenoxy) is 1. The molecule has 1 atom stereocenters. The highest BCUT2D eigenvalue weighted by Crippen LogP contribution is 2.22. The fourth-order valence-corrected chi connectivity index (χ4v) is 2.35. The van der Waals surface area contributed by atoms with E-state index in [1.807, 2.05) is 19.9 Å². The van der Waals surface area contributed by atoms with Gasteiger partial charge in [0, 0.05) is 0 Å². The number of hydrogen-bond acceptors (Lipinski definition) is 3. The lowest BCUT2D eigenvalue weighted by Gasteiger charge is -2.23. The lowest BCUT2D eigenvalue weighted by molar-refractivity contribution is -0.124. The van der Waals surface area contributed by atoms with Gasteiger partial charge in [0.1, 0.15) is 17.6 Å². The van der Waals surface area contributed by atoms with Gasteiger partial charge in [0.2, 0.25) is 0 Å². The molecule has 2 aromatic rings. The van der Waals surface area contributed by atoms with Crippen molar-refractivity contribution in [3.05, 3.63) is 65.5 Å². The molecule has 1 unspecified atom stereocenters. The van der Waals surface area contributed by atoms with Crippen molar-refractivity contribution in [2.75, 3.05) is 6.61 Å². The minimum absolute atomic E-state index is 0.130. The highest BCUT2D eigenvalue weighted by molar-refractivity contribution is 5.78. The maximum Gasteiger partial charge on any atom is 0.258 e. The van der Waals surface area contributed by atoms with Gasteiger partial charge in [0.25, 0.3) is 5.91 Å². The Hall–Kier alpha value is -2.87. The monoisotopic (exact) mass is 326 g/mol. The molecule has 24 heavy (non-hydrogen) atoms. The summed E-state index contributed by atoms with van der Waals surface area (Å²) < 4.78 is 18.5. The van der Waals surface area contributed by atoms with Gasteiger partial charge in [-0.25, -0.2) is 4.39 Å². The molecule has 0 heterocycles. The highest BCUT2D eigenvalue weighted by Gasteiger charge is 2.19. The second-order valence-electron chi connectivity index (χ2n) is 5.74. The van der Waals surface area contributed by atoms with Crippen LogP contribution in [-0.2, 0) is 4.79 Å². The van der Waals surface area contributed by atoms with E-state index in [0.29, 0.717) is 11.3 Å². The van der Waals surface area contributed by atoms with Crippen LogP contribution in [0.5, 0.6) is 5.75 Å². The Bertz CT molecular complexity index is 736. The van der Waals surface area contributed by atoms with Gasteiger partial charge in [-0.3, -0.25) is 4.79 Å². The quantitative estimate of drug-likeness (QED) is 0.882. The summed E-state index contributed by atoms with van der Waals surface area (Å²) in [6, 6.07) is 14.6. The molecule has 2 rings (SSSR count). The predicted octanol–water partition coefficient (Wildman–Crippen LogP) is 3.59. The standard InChI is InChI=1S/C19H19FN2O2/c1-13(2)19(14-7-9-16(20)10-8-14)22-18(23)12-24-17-6-4-3-5-15(17)11-21/h3-10,13,19H,12H2,1-2H3,(H,22,23). The van der Waals surface area contributed by atoms with E-state index in [1.165, 1.54) is 12.1 Å². The van der Waals surface area contributed by atoms with Crippen LogP contribution in [-0.4, -0.2) is 12.5 Å². The summed E-state index contributed by atoms with van der Waals surface area (Å²) in [6.07, 6.45) is 0. The van der Waals surface area contributed by atoms with Crippen molar-refractivity contribution < 1.29 is 13.9 Å². The summed E-state index contributed by atoms with van der Waals surface area (Å²) in [7, 11) is 0. The SMILES string of the molecule is CC(C)C(NC(=O)COc1ccccc1C#N)c1ccc(F)cc1. The number of rotatable bonds is 6. The number of para-hydroxylation sites is 1. The zero-order chi connectivity index (χ0) is 17.5. The highest BCUT2D eigenvalue weighted by atomic mass is 19.1. The van der Waals surface area contributed by atoms with Crippen molar-refractivity contribution in [3.8, 4) is 11.8 Å². The fourth-order valence-electron chi connectivity index (χ4n) is 2.35. The van der Waals surface area contributed by atoms with E-state index in [4.69, 9.17) is 10.00 Å². The van der Waals surface area contributed by atoms with Crippen LogP contribution in [0.2, 0.25) is 0 Å². The average molecular weight is 326 g/mol. The molecule has 1 amide bonds. The van der Waals surface area contributed by atoms with Crippen LogP contribution in [0, 0.1) is 23.1 Å². The molecule has 0 bridgehead atoms. The first-order chi connectivity index (χ1) is 11.5. The Balaban J connectivity index is 2.01. The van der Waals surface area contributed by atoms with Crippen LogP contribution < -0.4 is 10.1 Å². The number of benzene rings is 2. The minimum Gasteiger partial charge on any atom is -0.482 e. The Morgan fingerprint density at radius 1 is 1.21 bits per heavy atom. The summed E-state index contributed by atoms with van der Waals surface area (Å²) in [5.74, 6) is -0.112. The predicted molar refractivity (Wildman–Crippen MR) is 88.8 cm³/mol. The van der Waals surface area contributed by atoms with Crippen LogP contribution in [0.15, 0.2) is 48.5 Å². The van der Waals surface area contributed by atoms with Gasteiger partial charge in [-0.1, -0.05) is 38.1 Å². The minimum atomic E-state index is -0.316. The third-order valence-electron chi connectivity index (χ3n) is 3.58. The molecule has 0 aliphatic carbocycles. The van der Waals surface area contributed by atoms with Crippen LogP contribution in [0.3, 0.4) is 0 Å². The summed E-state index contributed by atoms with van der Waals surface area (Å²) in [4.78, 5) is 12.2. The lowest BCUT2D eigenvalue weighted by Crippen LogP contribution is -2.35. The van der Waals surface area contributed by atoms with Crippen molar-refractivity contribution in [1.82, 2.24) is 5.32 Å². The van der Waals surface area contributed by atoms with Crippen LogP contribution in [0.1, 0.15) is 31.0 Å². The van der Waals surface area contributed by atoms with Gasteiger partial charge in [0.05, 0.1) is 11.6 Å². The lowest BCUT2D eigenvalue weighted by atomic mass is 9.96. The number of halogens is 1. The summed E-state index contributed by atoms with van der Waals surface area (Å²) in [5, 5.41) is 11.9. The molecule has 2 aromatic carbocycles. The average Bonchev–Trinajstić information content (AvgIpc) is 2.58. The Morgan fingerprint density at radius 2 is 1.88 bits per heavy atom. The molecule has 0 aromatic heterocycles. The van der Waals surface area contributed by atoms with Crippen LogP contribution >= 0.6 is 0 Å². The second-order valence-corrected chi connectivity index (χ2v) is 5.74. The van der Waals surface area contributed by atoms with E-state index >= 15 is 0 Å². The van der Waals surface area contributed by atoms with E-state index in [2.05, 4.69) is 5.32 Å². The van der Waals surface area contributed by atoms with Gasteiger partial charge in [-0.2, -0.15) is 5.26 Å². The van der Waals surface area contributed by atoms with E-state index in [0.717, 1.165) is 5.56 Å². The van der Waals surface area contributed by atoms with Crippen molar-refractivity contribution in [1.29, 1.82) is 5.26 Å². The van der Waals surface area contributed by atoms with Crippen molar-refractivity contribution in [3.63, 3.8) is 0 Å². The number of amides is 1. The Labute approximate surface area is 140 Å². The van der Waals surface area contributed by atoms with Crippen molar-refractivity contribution in [2.45, 2.75) is 19.9 Å². The fraction of sp³-hybridized carbons (Fsp3) is 0.263. The third-order valence-corrected chi connectivity index (χ3v) is 3.58. The molecule has 5 heteroatoms. The maximum atomic E-state index is 13.1. The molecule has 0 aliphatic rings. The Kier molecular flexibility index (Phi) is 5.91. The normalized spacial score (nSPS) is 11.6. The maximum absolute atomic E-state index is 13.1. The Morgan fingerprint density at radius 3 is 2.50 bits per heavy atom. The van der Waals surface area contributed by atoms with E-state index in [-0.39, 0.29) is 30.3 Å². The first-order valence-corrected chi connectivity index (χ1v) is 7.68.